The molecule has 0 saturated heterocycles. The van der Waals surface area contributed by atoms with Gasteiger partial charge in [-0.25, -0.2) is 27.3 Å². The van der Waals surface area contributed by atoms with Gasteiger partial charge in [0.1, 0.15) is 11.6 Å². The smallest absolute Gasteiger partial charge is 0.315 e. The first-order chi connectivity index (χ1) is 14.9. The Balaban J connectivity index is 1.58. The summed E-state index contributed by atoms with van der Waals surface area (Å²) in [7, 11) is -2.23. The number of amides is 2. The van der Waals surface area contributed by atoms with E-state index in [1.807, 2.05) is 0 Å². The normalized spacial score (nSPS) is 11.0. The van der Waals surface area contributed by atoms with Crippen molar-refractivity contribution in [3.05, 3.63) is 83.8 Å². The molecule has 0 spiro atoms. The summed E-state index contributed by atoms with van der Waals surface area (Å²) in [5.74, 6) is 0.109. The molecule has 1 heterocycles. The number of ether oxygens (including phenoxy) is 1. The lowest BCUT2D eigenvalue weighted by molar-refractivity contribution is 0.240. The van der Waals surface area contributed by atoms with Gasteiger partial charge in [0.2, 0.25) is 15.9 Å². The molecule has 0 aliphatic carbocycles. The molecule has 0 unspecified atom stereocenters. The number of benzene rings is 2. The van der Waals surface area contributed by atoms with Crippen LogP contribution in [0.15, 0.2) is 71.8 Å². The molecule has 10 heteroatoms. The Labute approximate surface area is 179 Å². The first-order valence-electron chi connectivity index (χ1n) is 9.29. The number of sulfonamides is 1. The van der Waals surface area contributed by atoms with Gasteiger partial charge in [-0.3, -0.25) is 0 Å². The van der Waals surface area contributed by atoms with Gasteiger partial charge in [-0.1, -0.05) is 24.3 Å². The number of halogens is 1. The number of nitrogens with zero attached hydrogens (tertiary/aromatic N) is 1. The summed E-state index contributed by atoms with van der Waals surface area (Å²) in [5, 5.41) is 5.35. The fraction of sp³-hybridized carbons (Fsp3) is 0.143. The number of carbonyl (C=O) groups is 1. The van der Waals surface area contributed by atoms with Crippen molar-refractivity contribution in [1.82, 2.24) is 20.3 Å². The van der Waals surface area contributed by atoms with Crippen LogP contribution in [0.25, 0.3) is 0 Å². The van der Waals surface area contributed by atoms with Crippen molar-refractivity contribution < 1.29 is 22.3 Å². The van der Waals surface area contributed by atoms with Crippen LogP contribution < -0.4 is 20.1 Å². The van der Waals surface area contributed by atoms with Crippen LogP contribution in [0, 0.1) is 5.82 Å². The predicted molar refractivity (Wildman–Crippen MR) is 112 cm³/mol. The number of nitrogens with one attached hydrogen (secondary N) is 3. The van der Waals surface area contributed by atoms with E-state index in [4.69, 9.17) is 4.74 Å². The first kappa shape index (κ1) is 22.2. The van der Waals surface area contributed by atoms with Crippen molar-refractivity contribution in [2.45, 2.75) is 18.0 Å². The van der Waals surface area contributed by atoms with Crippen LogP contribution in [0.3, 0.4) is 0 Å². The quantitative estimate of drug-likeness (QED) is 0.495. The number of aromatic nitrogens is 1. The fourth-order valence-electron chi connectivity index (χ4n) is 2.65. The standard InChI is InChI=1S/C21H21FN4O4S/c1-23-31(28,29)19-9-2-5-15(11-19)13-25-21(27)26-14-16-6-4-10-24-20(16)30-18-8-3-7-17(22)12-18/h2-12,23H,13-14H2,1H3,(H2,25,26,27). The van der Waals surface area contributed by atoms with Crippen LogP contribution >= 0.6 is 0 Å². The van der Waals surface area contributed by atoms with Gasteiger partial charge < -0.3 is 15.4 Å². The Morgan fingerprint density at radius 3 is 2.58 bits per heavy atom. The number of carbonyl (C=O) groups excluding carboxylic acids is 1. The van der Waals surface area contributed by atoms with E-state index in [1.165, 1.54) is 43.6 Å². The average molecular weight is 444 g/mol. The number of hydrogen-bond donors (Lipinski definition) is 3. The fourth-order valence-corrected chi connectivity index (χ4v) is 3.45. The van der Waals surface area contributed by atoms with Crippen molar-refractivity contribution in [3.8, 4) is 11.6 Å². The van der Waals surface area contributed by atoms with Gasteiger partial charge in [-0.2, -0.15) is 0 Å². The third-order valence-electron chi connectivity index (χ3n) is 4.23. The van der Waals surface area contributed by atoms with E-state index in [9.17, 15) is 17.6 Å². The van der Waals surface area contributed by atoms with Gasteiger partial charge in [0.25, 0.3) is 0 Å². The lowest BCUT2D eigenvalue weighted by atomic mass is 10.2. The molecule has 3 aromatic rings. The van der Waals surface area contributed by atoms with E-state index in [1.54, 1.807) is 30.3 Å². The van der Waals surface area contributed by atoms with Crippen LogP contribution in [0.2, 0.25) is 0 Å². The summed E-state index contributed by atoms with van der Waals surface area (Å²) in [5.41, 5.74) is 1.23. The van der Waals surface area contributed by atoms with E-state index < -0.39 is 21.9 Å². The van der Waals surface area contributed by atoms with Crippen LogP contribution in [0.4, 0.5) is 9.18 Å². The van der Waals surface area contributed by atoms with Gasteiger partial charge in [-0.05, 0) is 42.9 Å². The van der Waals surface area contributed by atoms with E-state index in [2.05, 4.69) is 20.3 Å². The van der Waals surface area contributed by atoms with E-state index in [0.717, 1.165) is 0 Å². The summed E-state index contributed by atoms with van der Waals surface area (Å²) in [6.07, 6.45) is 1.53. The van der Waals surface area contributed by atoms with Gasteiger partial charge in [-0.15, -0.1) is 0 Å². The Hall–Kier alpha value is -3.50. The van der Waals surface area contributed by atoms with Gasteiger partial charge in [0.05, 0.1) is 4.90 Å². The Kier molecular flexibility index (Phi) is 7.16. The minimum absolute atomic E-state index is 0.115. The molecule has 0 fully saturated rings. The largest absolute Gasteiger partial charge is 0.439 e. The Morgan fingerprint density at radius 1 is 1.03 bits per heavy atom. The highest BCUT2D eigenvalue weighted by Crippen LogP contribution is 2.23. The molecule has 0 radical (unpaired) electrons. The van der Waals surface area contributed by atoms with Crippen LogP contribution in [-0.4, -0.2) is 26.5 Å². The van der Waals surface area contributed by atoms with Crippen molar-refractivity contribution in [2.24, 2.45) is 0 Å². The molecule has 2 aromatic carbocycles. The highest BCUT2D eigenvalue weighted by atomic mass is 32.2. The second-order valence-corrected chi connectivity index (χ2v) is 8.30. The summed E-state index contributed by atoms with van der Waals surface area (Å²) >= 11 is 0. The number of urea groups is 1. The van der Waals surface area contributed by atoms with Gasteiger partial charge >= 0.3 is 6.03 Å². The molecular weight excluding hydrogens is 423 g/mol. The molecule has 0 saturated carbocycles. The third kappa shape index (κ3) is 6.24. The second kappa shape index (κ2) is 10.0. The maximum absolute atomic E-state index is 13.4. The highest BCUT2D eigenvalue weighted by Gasteiger charge is 2.12. The predicted octanol–water partition coefficient (Wildman–Crippen LogP) is 2.92. The molecule has 0 bridgehead atoms. The van der Waals surface area contributed by atoms with Gasteiger partial charge in [0.15, 0.2) is 0 Å². The topological polar surface area (TPSA) is 109 Å². The molecule has 3 N–H and O–H groups in total. The lowest BCUT2D eigenvalue weighted by Gasteiger charge is -2.12. The minimum atomic E-state index is -3.56. The molecular formula is C21H21FN4O4S. The molecule has 1 aromatic heterocycles. The number of rotatable bonds is 8. The van der Waals surface area contributed by atoms with E-state index in [0.29, 0.717) is 16.9 Å². The molecule has 2 amide bonds. The van der Waals surface area contributed by atoms with Crippen LogP contribution in [0.5, 0.6) is 11.6 Å². The summed E-state index contributed by atoms with van der Waals surface area (Å²) < 4.78 is 45.0. The van der Waals surface area contributed by atoms with Crippen molar-refractivity contribution >= 4 is 16.1 Å². The maximum Gasteiger partial charge on any atom is 0.315 e. The van der Waals surface area contributed by atoms with E-state index >= 15 is 0 Å². The zero-order valence-corrected chi connectivity index (χ0v) is 17.4. The molecule has 3 rings (SSSR count). The second-order valence-electron chi connectivity index (χ2n) is 6.42. The first-order valence-corrected chi connectivity index (χ1v) is 10.8. The van der Waals surface area contributed by atoms with Crippen LogP contribution in [-0.2, 0) is 23.1 Å². The third-order valence-corrected chi connectivity index (χ3v) is 5.64. The number of pyridine rings is 1. The summed E-state index contributed by atoms with van der Waals surface area (Å²) in [6.45, 7) is 0.261. The number of hydrogen-bond acceptors (Lipinski definition) is 5. The zero-order valence-electron chi connectivity index (χ0n) is 16.6. The lowest BCUT2D eigenvalue weighted by Crippen LogP contribution is -2.34. The molecule has 31 heavy (non-hydrogen) atoms. The van der Waals surface area contributed by atoms with Crippen molar-refractivity contribution in [1.29, 1.82) is 0 Å². The summed E-state index contributed by atoms with van der Waals surface area (Å²) in [4.78, 5) is 16.4. The molecule has 0 atom stereocenters. The SMILES string of the molecule is CNS(=O)(=O)c1cccc(CNC(=O)NCc2cccnc2Oc2cccc(F)c2)c1. The Bertz CT molecular complexity index is 1170. The average Bonchev–Trinajstić information content (AvgIpc) is 2.77. The summed E-state index contributed by atoms with van der Waals surface area (Å²) in [6, 6.07) is 14.9. The molecule has 0 aliphatic heterocycles. The Morgan fingerprint density at radius 2 is 1.81 bits per heavy atom. The molecule has 8 nitrogen and oxygen atoms in total. The monoisotopic (exact) mass is 444 g/mol. The van der Waals surface area contributed by atoms with E-state index in [-0.39, 0.29) is 23.9 Å². The maximum atomic E-state index is 13.4. The van der Waals surface area contributed by atoms with Crippen molar-refractivity contribution in [3.63, 3.8) is 0 Å². The molecule has 0 aliphatic rings. The highest BCUT2D eigenvalue weighted by molar-refractivity contribution is 7.89. The van der Waals surface area contributed by atoms with Gasteiger partial charge in [0, 0.05) is 30.9 Å². The van der Waals surface area contributed by atoms with Crippen molar-refractivity contribution in [2.75, 3.05) is 7.05 Å². The zero-order chi connectivity index (χ0) is 22.3. The van der Waals surface area contributed by atoms with Crippen LogP contribution in [0.1, 0.15) is 11.1 Å². The minimum Gasteiger partial charge on any atom is -0.439 e. The molecule has 162 valence electrons.